The van der Waals surface area contributed by atoms with Gasteiger partial charge in [-0.2, -0.15) is 18.3 Å². The second-order valence-electron chi connectivity index (χ2n) is 10.7. The maximum Gasteiger partial charge on any atom is 0.416 e. The van der Waals surface area contributed by atoms with Gasteiger partial charge in [0.25, 0.3) is 5.91 Å². The van der Waals surface area contributed by atoms with Crippen LogP contribution >= 0.6 is 0 Å². The van der Waals surface area contributed by atoms with Gasteiger partial charge in [0.1, 0.15) is 11.5 Å². The van der Waals surface area contributed by atoms with E-state index in [0.717, 1.165) is 36.8 Å². The summed E-state index contributed by atoms with van der Waals surface area (Å²) < 4.78 is 43.6. The first kappa shape index (κ1) is 30.0. The molecule has 0 atom stereocenters. The molecule has 2 aromatic carbocycles. The van der Waals surface area contributed by atoms with Gasteiger partial charge in [-0.1, -0.05) is 43.2 Å². The molecule has 45 heavy (non-hydrogen) atoms. The van der Waals surface area contributed by atoms with E-state index in [1.54, 1.807) is 22.8 Å². The van der Waals surface area contributed by atoms with Crippen LogP contribution in [0.5, 0.6) is 0 Å². The van der Waals surface area contributed by atoms with Crippen LogP contribution < -0.4 is 10.6 Å². The van der Waals surface area contributed by atoms with Crippen molar-refractivity contribution in [2.45, 2.75) is 26.1 Å². The van der Waals surface area contributed by atoms with Gasteiger partial charge in [0.05, 0.1) is 17.5 Å². The molecule has 2 N–H and O–H groups in total. The molecule has 1 aliphatic heterocycles. The van der Waals surface area contributed by atoms with Crippen LogP contribution in [0.2, 0.25) is 0 Å². The molecule has 0 unspecified atom stereocenters. The number of fused-ring (bicyclic) bond motifs is 1. The number of halogens is 3. The SMILES string of the molecule is CCc1ccc(-c2ccc3ncc(C#Cc4ccnc(NC(=O)c5ccc(CN6CCNCC6)c(C(F)(F)F)c5)c4)n3n2)cc1. The first-order valence-corrected chi connectivity index (χ1v) is 14.6. The number of nitrogens with one attached hydrogen (secondary N) is 2. The van der Waals surface area contributed by atoms with E-state index in [0.29, 0.717) is 30.0 Å². The Labute approximate surface area is 258 Å². The fourth-order valence-electron chi connectivity index (χ4n) is 5.15. The van der Waals surface area contributed by atoms with E-state index in [4.69, 9.17) is 5.10 Å². The summed E-state index contributed by atoms with van der Waals surface area (Å²) in [6, 6.07) is 18.9. The van der Waals surface area contributed by atoms with Crippen LogP contribution in [0.3, 0.4) is 0 Å². The number of piperazine rings is 1. The normalized spacial score (nSPS) is 13.8. The van der Waals surface area contributed by atoms with Crippen molar-refractivity contribution in [2.24, 2.45) is 0 Å². The predicted octanol–water partition coefficient (Wildman–Crippen LogP) is 5.43. The number of aromatic nitrogens is 4. The summed E-state index contributed by atoms with van der Waals surface area (Å²) in [6.45, 7) is 5.04. The van der Waals surface area contributed by atoms with Crippen LogP contribution in [0.1, 0.15) is 45.2 Å². The van der Waals surface area contributed by atoms with Crippen LogP contribution in [0.15, 0.2) is 79.1 Å². The van der Waals surface area contributed by atoms with Crippen LogP contribution in [0.25, 0.3) is 16.9 Å². The second kappa shape index (κ2) is 12.9. The zero-order valence-electron chi connectivity index (χ0n) is 24.5. The Morgan fingerprint density at radius 2 is 1.78 bits per heavy atom. The van der Waals surface area contributed by atoms with Crippen molar-refractivity contribution in [2.75, 3.05) is 31.5 Å². The third kappa shape index (κ3) is 7.03. The summed E-state index contributed by atoms with van der Waals surface area (Å²) >= 11 is 0. The van der Waals surface area contributed by atoms with Gasteiger partial charge in [-0.25, -0.2) is 14.5 Å². The Bertz CT molecular complexity index is 1900. The molecule has 3 aromatic heterocycles. The number of rotatable bonds is 6. The van der Waals surface area contributed by atoms with Crippen molar-refractivity contribution in [1.29, 1.82) is 0 Å². The molecule has 0 bridgehead atoms. The highest BCUT2D eigenvalue weighted by molar-refractivity contribution is 6.04. The fraction of sp³-hybridized carbons (Fsp3) is 0.235. The van der Waals surface area contributed by atoms with Crippen LogP contribution in [-0.4, -0.2) is 56.6 Å². The van der Waals surface area contributed by atoms with Crippen molar-refractivity contribution < 1.29 is 18.0 Å². The summed E-state index contributed by atoms with van der Waals surface area (Å²) in [6.07, 6.45) is -0.534. The summed E-state index contributed by atoms with van der Waals surface area (Å²) in [5.41, 5.74) is 3.98. The molecule has 6 rings (SSSR count). The van der Waals surface area contributed by atoms with E-state index in [-0.39, 0.29) is 23.5 Å². The van der Waals surface area contributed by atoms with E-state index in [1.807, 2.05) is 29.2 Å². The van der Waals surface area contributed by atoms with Crippen LogP contribution in [0.4, 0.5) is 19.0 Å². The molecule has 228 valence electrons. The lowest BCUT2D eigenvalue weighted by molar-refractivity contribution is -0.138. The van der Waals surface area contributed by atoms with Gasteiger partial charge in [0.2, 0.25) is 0 Å². The zero-order chi connectivity index (χ0) is 31.4. The molecule has 8 nitrogen and oxygen atoms in total. The van der Waals surface area contributed by atoms with Crippen molar-refractivity contribution in [3.05, 3.63) is 113 Å². The molecule has 11 heteroatoms. The van der Waals surface area contributed by atoms with Gasteiger partial charge >= 0.3 is 6.18 Å². The summed E-state index contributed by atoms with van der Waals surface area (Å²) in [4.78, 5) is 23.5. The van der Waals surface area contributed by atoms with E-state index in [9.17, 15) is 18.0 Å². The maximum absolute atomic E-state index is 14.0. The van der Waals surface area contributed by atoms with E-state index in [1.165, 1.54) is 23.9 Å². The highest BCUT2D eigenvalue weighted by atomic mass is 19.4. The number of benzene rings is 2. The Hall–Kier alpha value is -5.05. The molecular weight excluding hydrogens is 579 g/mol. The van der Waals surface area contributed by atoms with E-state index < -0.39 is 17.6 Å². The highest BCUT2D eigenvalue weighted by Gasteiger charge is 2.34. The minimum Gasteiger partial charge on any atom is -0.314 e. The Balaban J connectivity index is 1.19. The molecule has 0 spiro atoms. The molecule has 0 saturated carbocycles. The Kier molecular flexibility index (Phi) is 8.60. The van der Waals surface area contributed by atoms with E-state index in [2.05, 4.69) is 51.5 Å². The van der Waals surface area contributed by atoms with Crippen LogP contribution in [0, 0.1) is 11.8 Å². The number of aryl methyl sites for hydroxylation is 1. The molecule has 0 radical (unpaired) electrons. The van der Waals surface area contributed by atoms with Gasteiger partial charge < -0.3 is 10.6 Å². The number of imidazole rings is 1. The summed E-state index contributed by atoms with van der Waals surface area (Å²) in [5.74, 6) is 5.58. The average molecular weight is 610 g/mol. The molecule has 1 fully saturated rings. The first-order chi connectivity index (χ1) is 21.8. The lowest BCUT2D eigenvalue weighted by atomic mass is 10.0. The summed E-state index contributed by atoms with van der Waals surface area (Å²) in [5, 5.41) is 10.5. The Morgan fingerprint density at radius 3 is 2.53 bits per heavy atom. The first-order valence-electron chi connectivity index (χ1n) is 14.6. The topological polar surface area (TPSA) is 87.5 Å². The highest BCUT2D eigenvalue weighted by Crippen LogP contribution is 2.33. The van der Waals surface area contributed by atoms with Gasteiger partial charge in [-0.05, 0) is 59.9 Å². The molecule has 1 aliphatic rings. The number of alkyl halides is 3. The summed E-state index contributed by atoms with van der Waals surface area (Å²) in [7, 11) is 0. The molecule has 0 aliphatic carbocycles. The van der Waals surface area contributed by atoms with Gasteiger partial charge in [-0.3, -0.25) is 9.69 Å². The number of carbonyl (C=O) groups is 1. The molecule has 5 aromatic rings. The Morgan fingerprint density at radius 1 is 0.978 bits per heavy atom. The lowest BCUT2D eigenvalue weighted by Crippen LogP contribution is -2.43. The third-order valence-electron chi connectivity index (χ3n) is 7.64. The third-order valence-corrected chi connectivity index (χ3v) is 7.64. The van der Waals surface area contributed by atoms with Gasteiger partial charge in [0, 0.05) is 55.6 Å². The van der Waals surface area contributed by atoms with Crippen molar-refractivity contribution in [3.8, 4) is 23.1 Å². The standard InChI is InChI=1S/C34H30F3N7O/c1-2-23-3-6-25(7-4-23)30-11-12-32-40-21-28(44(32)42-30)10-5-24-13-14-39-31(19-24)41-33(45)26-8-9-27(29(20-26)34(35,36)37)22-43-17-15-38-16-18-43/h3-4,6-9,11-14,19-21,38H,2,15-18,22H2,1H3,(H,39,41,45). The number of amides is 1. The molecular formula is C34H30F3N7O. The molecule has 4 heterocycles. The minimum atomic E-state index is -4.60. The van der Waals surface area contributed by atoms with Crippen molar-refractivity contribution >= 4 is 17.4 Å². The van der Waals surface area contributed by atoms with Crippen molar-refractivity contribution in [1.82, 2.24) is 29.8 Å². The van der Waals surface area contributed by atoms with E-state index >= 15 is 0 Å². The average Bonchev–Trinajstić information content (AvgIpc) is 3.46. The van der Waals surface area contributed by atoms with Gasteiger partial charge in [0.15, 0.2) is 5.65 Å². The van der Waals surface area contributed by atoms with Gasteiger partial charge in [-0.15, -0.1) is 0 Å². The zero-order valence-corrected chi connectivity index (χ0v) is 24.5. The van der Waals surface area contributed by atoms with Crippen molar-refractivity contribution in [3.63, 3.8) is 0 Å². The number of nitrogens with zero attached hydrogens (tertiary/aromatic N) is 5. The second-order valence-corrected chi connectivity index (χ2v) is 10.7. The number of hydrogen-bond donors (Lipinski definition) is 2. The molecule has 1 saturated heterocycles. The molecule has 1 amide bonds. The van der Waals surface area contributed by atoms with Crippen LogP contribution in [-0.2, 0) is 19.1 Å². The minimum absolute atomic E-state index is 0.110. The smallest absolute Gasteiger partial charge is 0.314 e. The maximum atomic E-state index is 14.0. The quantitative estimate of drug-likeness (QED) is 0.250. The monoisotopic (exact) mass is 609 g/mol. The number of hydrogen-bond acceptors (Lipinski definition) is 6. The fourth-order valence-corrected chi connectivity index (χ4v) is 5.15. The number of carbonyl (C=O) groups excluding carboxylic acids is 1. The lowest BCUT2D eigenvalue weighted by Gasteiger charge is -2.28. The largest absolute Gasteiger partial charge is 0.416 e. The number of pyridine rings is 1. The predicted molar refractivity (Wildman–Crippen MR) is 166 cm³/mol. The number of anilines is 1.